The fourth-order valence-electron chi connectivity index (χ4n) is 1.37. The second-order valence-corrected chi connectivity index (χ2v) is 5.78. The Morgan fingerprint density at radius 3 is 2.45 bits per heavy atom. The van der Waals surface area contributed by atoms with Crippen molar-refractivity contribution in [3.8, 4) is 11.5 Å². The SMILES string of the molecule is CCOc1ccc(S(=O)(=O)Cl)c(OC(F)F)c1[N+](=O)[O-]. The highest BCUT2D eigenvalue weighted by molar-refractivity contribution is 8.13. The first-order valence-electron chi connectivity index (χ1n) is 5.02. The number of rotatable bonds is 6. The molecule has 0 bridgehead atoms. The van der Waals surface area contributed by atoms with Gasteiger partial charge in [-0.25, -0.2) is 8.42 Å². The van der Waals surface area contributed by atoms with Crippen LogP contribution in [0.5, 0.6) is 11.5 Å². The van der Waals surface area contributed by atoms with Gasteiger partial charge in [0.2, 0.25) is 11.5 Å². The van der Waals surface area contributed by atoms with E-state index in [0.29, 0.717) is 0 Å². The third kappa shape index (κ3) is 3.67. The molecule has 1 aromatic rings. The molecule has 0 heterocycles. The van der Waals surface area contributed by atoms with E-state index in [2.05, 4.69) is 4.74 Å². The van der Waals surface area contributed by atoms with E-state index in [-0.39, 0.29) is 6.61 Å². The fraction of sp³-hybridized carbons (Fsp3) is 0.333. The average molecular weight is 332 g/mol. The van der Waals surface area contributed by atoms with E-state index in [1.807, 2.05) is 0 Å². The molecule has 20 heavy (non-hydrogen) atoms. The van der Waals surface area contributed by atoms with Crippen LogP contribution in [0.15, 0.2) is 17.0 Å². The third-order valence-corrected chi connectivity index (χ3v) is 3.36. The Morgan fingerprint density at radius 2 is 2.05 bits per heavy atom. The van der Waals surface area contributed by atoms with Crippen LogP contribution in [0.4, 0.5) is 14.5 Å². The number of nitro benzene ring substituents is 1. The van der Waals surface area contributed by atoms with Gasteiger partial charge in [-0.05, 0) is 19.1 Å². The molecule has 0 amide bonds. The molecule has 0 radical (unpaired) electrons. The number of hydrogen-bond acceptors (Lipinski definition) is 6. The quantitative estimate of drug-likeness (QED) is 0.451. The molecule has 0 saturated carbocycles. The standard InChI is InChI=1S/C9H8ClF2NO6S/c1-2-18-5-3-4-6(20(10,16)17)8(19-9(11)12)7(5)13(14)15/h3-4,9H,2H2,1H3. The topological polar surface area (TPSA) is 95.7 Å². The normalized spacial score (nSPS) is 11.4. The van der Waals surface area contributed by atoms with Crippen LogP contribution in [0.25, 0.3) is 0 Å². The molecule has 0 N–H and O–H groups in total. The number of halogens is 3. The molecule has 0 atom stereocenters. The van der Waals surface area contributed by atoms with Crippen LogP contribution < -0.4 is 9.47 Å². The molecular formula is C9H8ClF2NO6S. The first-order chi connectivity index (χ1) is 9.18. The largest absolute Gasteiger partial charge is 0.487 e. The molecule has 112 valence electrons. The zero-order valence-corrected chi connectivity index (χ0v) is 11.5. The highest BCUT2D eigenvalue weighted by Gasteiger charge is 2.32. The molecule has 7 nitrogen and oxygen atoms in total. The predicted molar refractivity (Wildman–Crippen MR) is 63.9 cm³/mol. The van der Waals surface area contributed by atoms with Crippen molar-refractivity contribution in [2.45, 2.75) is 18.4 Å². The first-order valence-corrected chi connectivity index (χ1v) is 7.33. The molecular weight excluding hydrogens is 324 g/mol. The van der Waals surface area contributed by atoms with Crippen molar-refractivity contribution in [2.24, 2.45) is 0 Å². The number of nitro groups is 1. The molecule has 0 unspecified atom stereocenters. The van der Waals surface area contributed by atoms with E-state index < -0.39 is 42.7 Å². The zero-order chi connectivity index (χ0) is 15.5. The number of benzene rings is 1. The van der Waals surface area contributed by atoms with Gasteiger partial charge in [0.1, 0.15) is 4.90 Å². The van der Waals surface area contributed by atoms with E-state index in [1.165, 1.54) is 6.92 Å². The van der Waals surface area contributed by atoms with Crippen LogP contribution in [0.3, 0.4) is 0 Å². The minimum Gasteiger partial charge on any atom is -0.487 e. The van der Waals surface area contributed by atoms with Gasteiger partial charge in [-0.1, -0.05) is 0 Å². The van der Waals surface area contributed by atoms with Gasteiger partial charge in [0.25, 0.3) is 9.05 Å². The number of alkyl halides is 2. The van der Waals surface area contributed by atoms with E-state index >= 15 is 0 Å². The maximum atomic E-state index is 12.3. The average Bonchev–Trinajstić information content (AvgIpc) is 2.26. The van der Waals surface area contributed by atoms with Crippen molar-refractivity contribution in [3.05, 3.63) is 22.2 Å². The van der Waals surface area contributed by atoms with Crippen molar-refractivity contribution >= 4 is 25.4 Å². The van der Waals surface area contributed by atoms with Crippen molar-refractivity contribution in [3.63, 3.8) is 0 Å². The predicted octanol–water partition coefficient (Wildman–Crippen LogP) is 2.52. The molecule has 0 spiro atoms. The van der Waals surface area contributed by atoms with Gasteiger partial charge in [0, 0.05) is 10.7 Å². The van der Waals surface area contributed by atoms with Gasteiger partial charge >= 0.3 is 12.3 Å². The minimum absolute atomic E-state index is 0.00191. The van der Waals surface area contributed by atoms with Gasteiger partial charge in [0.15, 0.2) is 0 Å². The van der Waals surface area contributed by atoms with Crippen molar-refractivity contribution in [1.29, 1.82) is 0 Å². The highest BCUT2D eigenvalue weighted by atomic mass is 35.7. The van der Waals surface area contributed by atoms with Gasteiger partial charge < -0.3 is 9.47 Å². The van der Waals surface area contributed by atoms with Gasteiger partial charge in [-0.2, -0.15) is 8.78 Å². The molecule has 0 aliphatic carbocycles. The Labute approximate surface area is 116 Å². The van der Waals surface area contributed by atoms with Crippen LogP contribution in [-0.2, 0) is 9.05 Å². The van der Waals surface area contributed by atoms with Gasteiger partial charge in [-0.3, -0.25) is 10.1 Å². The molecule has 11 heteroatoms. The van der Waals surface area contributed by atoms with Crippen molar-refractivity contribution in [2.75, 3.05) is 6.61 Å². The summed E-state index contributed by atoms with van der Waals surface area (Å²) in [5, 5.41) is 10.9. The summed E-state index contributed by atoms with van der Waals surface area (Å²) in [5.74, 6) is -1.57. The summed E-state index contributed by atoms with van der Waals surface area (Å²) >= 11 is 0. The maximum absolute atomic E-state index is 12.3. The lowest BCUT2D eigenvalue weighted by molar-refractivity contribution is -0.387. The Bertz CT molecular complexity index is 621. The summed E-state index contributed by atoms with van der Waals surface area (Å²) in [4.78, 5) is 8.92. The summed E-state index contributed by atoms with van der Waals surface area (Å²) in [6.45, 7) is -1.96. The number of nitrogens with zero attached hydrogens (tertiary/aromatic N) is 1. The Hall–Kier alpha value is -1.68. The molecule has 1 aromatic carbocycles. The first kappa shape index (κ1) is 16.4. The summed E-state index contributed by atoms with van der Waals surface area (Å²) in [5.41, 5.74) is -1.03. The molecule has 0 aliphatic rings. The summed E-state index contributed by atoms with van der Waals surface area (Å²) < 4.78 is 56.0. The Balaban J connectivity index is 3.65. The zero-order valence-electron chi connectivity index (χ0n) is 9.88. The van der Waals surface area contributed by atoms with Crippen molar-refractivity contribution < 1.29 is 31.6 Å². The molecule has 0 aliphatic heterocycles. The summed E-state index contributed by atoms with van der Waals surface area (Å²) in [6, 6.07) is 1.73. The second kappa shape index (κ2) is 6.18. The van der Waals surface area contributed by atoms with Crippen LogP contribution in [-0.4, -0.2) is 26.6 Å². The van der Waals surface area contributed by atoms with Crippen LogP contribution in [0.2, 0.25) is 0 Å². The fourth-order valence-corrected chi connectivity index (χ4v) is 2.34. The van der Waals surface area contributed by atoms with E-state index in [1.54, 1.807) is 0 Å². The Kier molecular flexibility index (Phi) is 5.06. The molecule has 0 fully saturated rings. The second-order valence-electron chi connectivity index (χ2n) is 3.25. The smallest absolute Gasteiger partial charge is 0.387 e. The third-order valence-electron chi connectivity index (χ3n) is 2.01. The number of ether oxygens (including phenoxy) is 2. The minimum atomic E-state index is -4.51. The highest BCUT2D eigenvalue weighted by Crippen LogP contribution is 2.43. The lowest BCUT2D eigenvalue weighted by atomic mass is 10.2. The van der Waals surface area contributed by atoms with Crippen LogP contribution >= 0.6 is 10.7 Å². The molecule has 1 rings (SSSR count). The monoisotopic (exact) mass is 331 g/mol. The van der Waals surface area contributed by atoms with Gasteiger partial charge in [-0.15, -0.1) is 0 Å². The van der Waals surface area contributed by atoms with E-state index in [4.69, 9.17) is 15.4 Å². The van der Waals surface area contributed by atoms with E-state index in [0.717, 1.165) is 12.1 Å². The lowest BCUT2D eigenvalue weighted by Crippen LogP contribution is -2.09. The van der Waals surface area contributed by atoms with Crippen LogP contribution in [0, 0.1) is 10.1 Å². The molecule has 0 aromatic heterocycles. The summed E-state index contributed by atoms with van der Waals surface area (Å²) in [6.07, 6.45) is 0. The van der Waals surface area contributed by atoms with Crippen molar-refractivity contribution in [1.82, 2.24) is 0 Å². The van der Waals surface area contributed by atoms with Gasteiger partial charge in [0.05, 0.1) is 11.5 Å². The number of hydrogen-bond donors (Lipinski definition) is 0. The Morgan fingerprint density at radius 1 is 1.45 bits per heavy atom. The summed E-state index contributed by atoms with van der Waals surface area (Å²) in [7, 11) is 0.524. The van der Waals surface area contributed by atoms with E-state index in [9.17, 15) is 27.3 Å². The van der Waals surface area contributed by atoms with Crippen LogP contribution in [0.1, 0.15) is 6.92 Å². The lowest BCUT2D eigenvalue weighted by Gasteiger charge is -2.12. The maximum Gasteiger partial charge on any atom is 0.387 e. The molecule has 0 saturated heterocycles.